The highest BCUT2D eigenvalue weighted by molar-refractivity contribution is 7.99. The van der Waals surface area contributed by atoms with Gasteiger partial charge in [-0.1, -0.05) is 17.8 Å². The Hall–Kier alpha value is -1.59. The quantitative estimate of drug-likeness (QED) is 0.855. The summed E-state index contributed by atoms with van der Waals surface area (Å²) in [4.78, 5) is 9.79. The molecule has 20 heavy (non-hydrogen) atoms. The summed E-state index contributed by atoms with van der Waals surface area (Å²) in [5, 5.41) is 0.843. The van der Waals surface area contributed by atoms with Gasteiger partial charge in [0.2, 0.25) is 0 Å². The van der Waals surface area contributed by atoms with Gasteiger partial charge >= 0.3 is 0 Å². The van der Waals surface area contributed by atoms with Crippen LogP contribution in [0.25, 0.3) is 0 Å². The van der Waals surface area contributed by atoms with Gasteiger partial charge in [-0.25, -0.2) is 9.97 Å². The first-order chi connectivity index (χ1) is 9.58. The molecule has 0 radical (unpaired) electrons. The van der Waals surface area contributed by atoms with Gasteiger partial charge in [-0.2, -0.15) is 0 Å². The first kappa shape index (κ1) is 14.8. The van der Waals surface area contributed by atoms with E-state index in [0.29, 0.717) is 24.9 Å². The second-order valence-corrected chi connectivity index (χ2v) is 5.63. The number of aromatic nitrogens is 2. The molecule has 0 fully saturated rings. The Bertz CT molecular complexity index is 602. The van der Waals surface area contributed by atoms with Crippen LogP contribution in [0.2, 0.25) is 0 Å². The van der Waals surface area contributed by atoms with E-state index in [-0.39, 0.29) is 0 Å². The van der Waals surface area contributed by atoms with Crippen LogP contribution in [0.5, 0.6) is 0 Å². The van der Waals surface area contributed by atoms with Crippen LogP contribution < -0.4 is 5.73 Å². The molecule has 1 heterocycles. The molecule has 106 valence electrons. The largest absolute Gasteiger partial charge is 0.384 e. The number of aryl methyl sites for hydroxylation is 2. The van der Waals surface area contributed by atoms with E-state index in [1.54, 1.807) is 17.8 Å². The SMILES string of the molecule is CCOCc1nc(N)cc(Sc2ccc(C)c(C)c2)n1. The van der Waals surface area contributed by atoms with Gasteiger partial charge in [-0.3, -0.25) is 0 Å². The number of hydrogen-bond donors (Lipinski definition) is 1. The fourth-order valence-corrected chi connectivity index (χ4v) is 2.64. The normalized spacial score (nSPS) is 10.8. The third kappa shape index (κ3) is 3.95. The predicted molar refractivity (Wildman–Crippen MR) is 81.8 cm³/mol. The molecule has 0 aliphatic rings. The summed E-state index contributed by atoms with van der Waals surface area (Å²) in [5.74, 6) is 1.10. The van der Waals surface area contributed by atoms with Crippen molar-refractivity contribution in [3.8, 4) is 0 Å². The summed E-state index contributed by atoms with van der Waals surface area (Å²) in [7, 11) is 0. The van der Waals surface area contributed by atoms with Crippen LogP contribution in [0.15, 0.2) is 34.2 Å². The molecule has 5 heteroatoms. The molecule has 0 saturated carbocycles. The molecular formula is C15H19N3OS. The number of nitrogens with two attached hydrogens (primary N) is 1. The summed E-state index contributed by atoms with van der Waals surface area (Å²) in [6.07, 6.45) is 0. The molecule has 1 aromatic carbocycles. The first-order valence-electron chi connectivity index (χ1n) is 6.54. The van der Waals surface area contributed by atoms with Crippen molar-refractivity contribution in [3.63, 3.8) is 0 Å². The molecule has 1 aromatic heterocycles. The summed E-state index contributed by atoms with van der Waals surface area (Å²) < 4.78 is 5.32. The Morgan fingerprint density at radius 3 is 2.65 bits per heavy atom. The Kier molecular flexibility index (Phi) is 4.98. The minimum absolute atomic E-state index is 0.391. The Labute approximate surface area is 123 Å². The lowest BCUT2D eigenvalue weighted by Gasteiger charge is -2.07. The third-order valence-electron chi connectivity index (χ3n) is 2.90. The minimum Gasteiger partial charge on any atom is -0.384 e. The van der Waals surface area contributed by atoms with E-state index in [9.17, 15) is 0 Å². The number of anilines is 1. The van der Waals surface area contributed by atoms with Crippen LogP contribution in [0.4, 0.5) is 5.82 Å². The molecular weight excluding hydrogens is 270 g/mol. The van der Waals surface area contributed by atoms with E-state index in [2.05, 4.69) is 42.0 Å². The Morgan fingerprint density at radius 2 is 1.95 bits per heavy atom. The number of rotatable bonds is 5. The van der Waals surface area contributed by atoms with Gasteiger partial charge in [0, 0.05) is 17.6 Å². The van der Waals surface area contributed by atoms with Gasteiger partial charge in [-0.05, 0) is 44.0 Å². The summed E-state index contributed by atoms with van der Waals surface area (Å²) in [5.41, 5.74) is 8.37. The smallest absolute Gasteiger partial charge is 0.157 e. The molecule has 0 aliphatic carbocycles. The zero-order valence-corrected chi connectivity index (χ0v) is 12.8. The van der Waals surface area contributed by atoms with Crippen molar-refractivity contribution in [2.45, 2.75) is 37.3 Å². The molecule has 2 aromatic rings. The third-order valence-corrected chi connectivity index (χ3v) is 3.81. The van der Waals surface area contributed by atoms with Crippen LogP contribution in [-0.4, -0.2) is 16.6 Å². The molecule has 2 rings (SSSR count). The van der Waals surface area contributed by atoms with Crippen LogP contribution in [0, 0.1) is 13.8 Å². The highest BCUT2D eigenvalue weighted by atomic mass is 32.2. The second-order valence-electron chi connectivity index (χ2n) is 4.53. The van der Waals surface area contributed by atoms with Crippen LogP contribution in [-0.2, 0) is 11.3 Å². The topological polar surface area (TPSA) is 61.0 Å². The monoisotopic (exact) mass is 289 g/mol. The van der Waals surface area contributed by atoms with Crippen molar-refractivity contribution in [1.82, 2.24) is 9.97 Å². The van der Waals surface area contributed by atoms with Crippen molar-refractivity contribution in [2.75, 3.05) is 12.3 Å². The van der Waals surface area contributed by atoms with E-state index in [1.165, 1.54) is 11.1 Å². The molecule has 0 atom stereocenters. The number of ether oxygens (including phenoxy) is 1. The van der Waals surface area contributed by atoms with E-state index in [4.69, 9.17) is 10.5 Å². The number of nitrogen functional groups attached to an aromatic ring is 1. The molecule has 0 aliphatic heterocycles. The zero-order chi connectivity index (χ0) is 14.5. The van der Waals surface area contributed by atoms with Gasteiger partial charge < -0.3 is 10.5 Å². The summed E-state index contributed by atoms with van der Waals surface area (Å²) in [6.45, 7) is 7.18. The molecule has 2 N–H and O–H groups in total. The molecule has 0 saturated heterocycles. The highest BCUT2D eigenvalue weighted by Crippen LogP contribution is 2.28. The fraction of sp³-hybridized carbons (Fsp3) is 0.333. The van der Waals surface area contributed by atoms with Gasteiger partial charge in [0.15, 0.2) is 5.82 Å². The van der Waals surface area contributed by atoms with Crippen molar-refractivity contribution in [2.24, 2.45) is 0 Å². The fourth-order valence-electron chi connectivity index (χ4n) is 1.70. The van der Waals surface area contributed by atoms with Gasteiger partial charge in [0.1, 0.15) is 17.5 Å². The highest BCUT2D eigenvalue weighted by Gasteiger charge is 2.06. The van der Waals surface area contributed by atoms with Gasteiger partial charge in [0.25, 0.3) is 0 Å². The molecule has 0 spiro atoms. The molecule has 0 amide bonds. The van der Waals surface area contributed by atoms with Crippen molar-refractivity contribution in [1.29, 1.82) is 0 Å². The van der Waals surface area contributed by atoms with Crippen molar-refractivity contribution >= 4 is 17.6 Å². The van der Waals surface area contributed by atoms with E-state index >= 15 is 0 Å². The minimum atomic E-state index is 0.391. The Balaban J connectivity index is 2.19. The lowest BCUT2D eigenvalue weighted by Crippen LogP contribution is -2.03. The number of nitrogens with zero attached hydrogens (tertiary/aromatic N) is 2. The number of hydrogen-bond acceptors (Lipinski definition) is 5. The van der Waals surface area contributed by atoms with Crippen LogP contribution in [0.1, 0.15) is 23.9 Å². The van der Waals surface area contributed by atoms with Gasteiger partial charge in [-0.15, -0.1) is 0 Å². The van der Waals surface area contributed by atoms with E-state index < -0.39 is 0 Å². The van der Waals surface area contributed by atoms with Crippen molar-refractivity contribution in [3.05, 3.63) is 41.2 Å². The second kappa shape index (κ2) is 6.72. The zero-order valence-electron chi connectivity index (χ0n) is 12.0. The molecule has 0 bridgehead atoms. The standard InChI is InChI=1S/C15H19N3OS/c1-4-19-9-14-17-13(16)8-15(18-14)20-12-6-5-10(2)11(3)7-12/h5-8H,4,9H2,1-3H3,(H2,16,17,18). The maximum atomic E-state index is 5.82. The van der Waals surface area contributed by atoms with Gasteiger partial charge in [0.05, 0.1) is 0 Å². The maximum absolute atomic E-state index is 5.82. The average Bonchev–Trinajstić information content (AvgIpc) is 2.40. The average molecular weight is 289 g/mol. The summed E-state index contributed by atoms with van der Waals surface area (Å²) >= 11 is 1.59. The van der Waals surface area contributed by atoms with E-state index in [0.717, 1.165) is 9.92 Å². The first-order valence-corrected chi connectivity index (χ1v) is 7.36. The Morgan fingerprint density at radius 1 is 1.15 bits per heavy atom. The molecule has 0 unspecified atom stereocenters. The van der Waals surface area contributed by atoms with E-state index in [1.807, 2.05) is 6.92 Å². The summed E-state index contributed by atoms with van der Waals surface area (Å²) in [6, 6.07) is 8.15. The lowest BCUT2D eigenvalue weighted by molar-refractivity contribution is 0.128. The molecule has 4 nitrogen and oxygen atoms in total. The van der Waals surface area contributed by atoms with Crippen molar-refractivity contribution < 1.29 is 4.74 Å². The van der Waals surface area contributed by atoms with Crippen LogP contribution >= 0.6 is 11.8 Å². The van der Waals surface area contributed by atoms with Crippen LogP contribution in [0.3, 0.4) is 0 Å². The maximum Gasteiger partial charge on any atom is 0.157 e. The predicted octanol–water partition coefficient (Wildman–Crippen LogP) is 3.36. The lowest BCUT2D eigenvalue weighted by atomic mass is 10.1. The number of benzene rings is 1.